The van der Waals surface area contributed by atoms with Crippen LogP contribution in [0.5, 0.6) is 0 Å². The molecule has 0 aliphatic heterocycles. The van der Waals surface area contributed by atoms with E-state index < -0.39 is 6.18 Å². The highest BCUT2D eigenvalue weighted by molar-refractivity contribution is 6.30. The summed E-state index contributed by atoms with van der Waals surface area (Å²) >= 11 is 5.53. The van der Waals surface area contributed by atoms with Crippen molar-refractivity contribution in [1.82, 2.24) is 0 Å². The van der Waals surface area contributed by atoms with E-state index in [2.05, 4.69) is 0 Å². The summed E-state index contributed by atoms with van der Waals surface area (Å²) in [5.41, 5.74) is 0.293. The zero-order valence-electron chi connectivity index (χ0n) is 6.32. The van der Waals surface area contributed by atoms with E-state index in [9.17, 15) is 13.2 Å². The highest BCUT2D eigenvalue weighted by atomic mass is 35.5. The second-order valence-electron chi connectivity index (χ2n) is 2.25. The molecule has 1 aromatic rings. The summed E-state index contributed by atoms with van der Waals surface area (Å²) in [6.45, 7) is 0. The van der Waals surface area contributed by atoms with Crippen molar-refractivity contribution in [3.05, 3.63) is 34.9 Å². The second kappa shape index (κ2) is 3.71. The number of halogens is 4. The third-order valence-electron chi connectivity index (χ3n) is 1.19. The van der Waals surface area contributed by atoms with Gasteiger partial charge < -0.3 is 0 Å². The number of hydrogen-bond donors (Lipinski definition) is 0. The quantitative estimate of drug-likeness (QED) is 0.569. The van der Waals surface area contributed by atoms with Gasteiger partial charge in [-0.1, -0.05) is 17.5 Å². The van der Waals surface area contributed by atoms with Gasteiger partial charge in [-0.05, 0) is 24.3 Å². The standard InChI is InChI=1S/C9H4ClF3/c10-8-3-1-7(2-4-8)5-6-9(11,12)13/h1-4H. The highest BCUT2D eigenvalue weighted by Gasteiger charge is 2.22. The van der Waals surface area contributed by atoms with E-state index in [1.54, 1.807) is 0 Å². The van der Waals surface area contributed by atoms with Crippen molar-refractivity contribution in [2.75, 3.05) is 0 Å². The molecule has 1 aromatic carbocycles. The average molecular weight is 205 g/mol. The minimum atomic E-state index is -4.44. The Hall–Kier alpha value is -1.14. The van der Waals surface area contributed by atoms with Gasteiger partial charge in [-0.3, -0.25) is 0 Å². The molecule has 0 fully saturated rings. The molecule has 0 heterocycles. The molecule has 0 unspecified atom stereocenters. The van der Waals surface area contributed by atoms with E-state index in [1.807, 2.05) is 5.92 Å². The summed E-state index contributed by atoms with van der Waals surface area (Å²) in [5, 5.41) is 0.470. The van der Waals surface area contributed by atoms with Gasteiger partial charge in [0.15, 0.2) is 0 Å². The first-order valence-corrected chi connectivity index (χ1v) is 3.71. The van der Waals surface area contributed by atoms with Crippen molar-refractivity contribution >= 4 is 11.6 Å². The Morgan fingerprint density at radius 1 is 1.08 bits per heavy atom. The van der Waals surface area contributed by atoms with Gasteiger partial charge in [0.25, 0.3) is 0 Å². The van der Waals surface area contributed by atoms with Gasteiger partial charge in [0, 0.05) is 16.5 Å². The number of rotatable bonds is 0. The molecule has 0 saturated carbocycles. The van der Waals surface area contributed by atoms with Gasteiger partial charge >= 0.3 is 6.18 Å². The van der Waals surface area contributed by atoms with Gasteiger partial charge in [-0.25, -0.2) is 0 Å². The molecule has 0 spiro atoms. The predicted molar refractivity (Wildman–Crippen MR) is 44.4 cm³/mol. The van der Waals surface area contributed by atoms with Crippen LogP contribution < -0.4 is 0 Å². The van der Waals surface area contributed by atoms with Crippen molar-refractivity contribution in [3.63, 3.8) is 0 Å². The van der Waals surface area contributed by atoms with Crippen LogP contribution in [0.3, 0.4) is 0 Å². The van der Waals surface area contributed by atoms with Crippen molar-refractivity contribution < 1.29 is 13.2 Å². The molecule has 0 saturated heterocycles. The maximum Gasteiger partial charge on any atom is 0.458 e. The smallest absolute Gasteiger partial charge is 0.159 e. The van der Waals surface area contributed by atoms with E-state index in [4.69, 9.17) is 11.6 Å². The van der Waals surface area contributed by atoms with Crippen LogP contribution in [0.2, 0.25) is 5.02 Å². The molecule has 0 aliphatic rings. The molecule has 0 aromatic heterocycles. The summed E-state index contributed by atoms with van der Waals surface area (Å²) in [5.74, 6) is 3.14. The SMILES string of the molecule is FC(F)(F)C#Cc1ccc(Cl)cc1. The molecule has 0 N–H and O–H groups in total. The monoisotopic (exact) mass is 204 g/mol. The minimum absolute atomic E-state index is 0.293. The van der Waals surface area contributed by atoms with Crippen LogP contribution in [0.15, 0.2) is 24.3 Å². The Morgan fingerprint density at radius 3 is 2.08 bits per heavy atom. The van der Waals surface area contributed by atoms with E-state index in [0.29, 0.717) is 10.6 Å². The molecule has 68 valence electrons. The second-order valence-corrected chi connectivity index (χ2v) is 2.69. The van der Waals surface area contributed by atoms with Crippen molar-refractivity contribution in [1.29, 1.82) is 0 Å². The van der Waals surface area contributed by atoms with Crippen molar-refractivity contribution in [2.24, 2.45) is 0 Å². The van der Waals surface area contributed by atoms with E-state index in [1.165, 1.54) is 24.3 Å². The largest absolute Gasteiger partial charge is 0.458 e. The summed E-state index contributed by atoms with van der Waals surface area (Å²) in [7, 11) is 0. The lowest BCUT2D eigenvalue weighted by molar-refractivity contribution is -0.0696. The van der Waals surface area contributed by atoms with Crippen LogP contribution >= 0.6 is 11.6 Å². The molecule has 0 nitrogen and oxygen atoms in total. The van der Waals surface area contributed by atoms with E-state index in [0.717, 1.165) is 5.92 Å². The van der Waals surface area contributed by atoms with Crippen LogP contribution in [-0.4, -0.2) is 6.18 Å². The van der Waals surface area contributed by atoms with Gasteiger partial charge in [-0.15, -0.1) is 0 Å². The zero-order valence-corrected chi connectivity index (χ0v) is 7.08. The van der Waals surface area contributed by atoms with E-state index >= 15 is 0 Å². The topological polar surface area (TPSA) is 0 Å². The van der Waals surface area contributed by atoms with Gasteiger partial charge in [0.2, 0.25) is 0 Å². The van der Waals surface area contributed by atoms with Crippen LogP contribution in [0.25, 0.3) is 0 Å². The Bertz CT molecular complexity index is 340. The Morgan fingerprint density at radius 2 is 1.62 bits per heavy atom. The fourth-order valence-electron chi connectivity index (χ4n) is 0.676. The third-order valence-corrected chi connectivity index (χ3v) is 1.44. The lowest BCUT2D eigenvalue weighted by Crippen LogP contribution is -2.01. The van der Waals surface area contributed by atoms with Crippen LogP contribution in [0, 0.1) is 11.8 Å². The number of benzene rings is 1. The Balaban J connectivity index is 2.85. The average Bonchev–Trinajstić information content (AvgIpc) is 2.02. The first-order valence-electron chi connectivity index (χ1n) is 3.33. The van der Waals surface area contributed by atoms with Crippen molar-refractivity contribution in [3.8, 4) is 11.8 Å². The van der Waals surface area contributed by atoms with Crippen LogP contribution in [0.1, 0.15) is 5.56 Å². The highest BCUT2D eigenvalue weighted by Crippen LogP contribution is 2.13. The molecule has 0 amide bonds. The van der Waals surface area contributed by atoms with Crippen LogP contribution in [-0.2, 0) is 0 Å². The fraction of sp³-hybridized carbons (Fsp3) is 0.111. The summed E-state index contributed by atoms with van der Waals surface area (Å²) in [4.78, 5) is 0. The molecule has 0 atom stereocenters. The first-order chi connectivity index (χ1) is 5.97. The van der Waals surface area contributed by atoms with Gasteiger partial charge in [0.05, 0.1) is 0 Å². The molecular weight excluding hydrogens is 201 g/mol. The van der Waals surface area contributed by atoms with Crippen molar-refractivity contribution in [2.45, 2.75) is 6.18 Å². The fourth-order valence-corrected chi connectivity index (χ4v) is 0.802. The van der Waals surface area contributed by atoms with E-state index in [-0.39, 0.29) is 0 Å². The first kappa shape index (κ1) is 9.94. The third kappa shape index (κ3) is 3.86. The normalized spacial score (nSPS) is 10.5. The summed E-state index contributed by atoms with van der Waals surface area (Å²) in [6.07, 6.45) is -4.44. The number of hydrogen-bond acceptors (Lipinski definition) is 0. The summed E-state index contributed by atoms with van der Waals surface area (Å²) < 4.78 is 34.9. The lowest BCUT2D eigenvalue weighted by atomic mass is 10.2. The lowest BCUT2D eigenvalue weighted by Gasteiger charge is -1.93. The Kier molecular flexibility index (Phi) is 2.84. The minimum Gasteiger partial charge on any atom is -0.159 e. The van der Waals surface area contributed by atoms with Gasteiger partial charge in [0.1, 0.15) is 0 Å². The molecule has 0 aliphatic carbocycles. The Labute approximate surface area is 78.3 Å². The summed E-state index contributed by atoms with van der Waals surface area (Å²) in [6, 6.07) is 5.84. The predicted octanol–water partition coefficient (Wildman–Crippen LogP) is 3.25. The number of alkyl halides is 3. The van der Waals surface area contributed by atoms with Gasteiger partial charge in [-0.2, -0.15) is 13.2 Å². The maximum atomic E-state index is 11.6. The molecule has 4 heteroatoms. The molecule has 1 rings (SSSR count). The van der Waals surface area contributed by atoms with Crippen LogP contribution in [0.4, 0.5) is 13.2 Å². The maximum absolute atomic E-state index is 11.6. The molecule has 13 heavy (non-hydrogen) atoms. The molecular formula is C9H4ClF3. The zero-order chi connectivity index (χ0) is 9.90. The molecule has 0 bridgehead atoms. The molecule has 0 radical (unpaired) electrons.